The summed E-state index contributed by atoms with van der Waals surface area (Å²) in [6.45, 7) is 9.95. The molecule has 10 nitrogen and oxygen atoms in total. The standard InChI is InChI=1S/C31H38N2O8/c1-18-26(28(36)37)33(31(5,6)40-18)27(35)24(15-16-25(34)41-30(2,3)4)32-29(38)39-17-23-21-13-9-7-11-19(21)20-12-8-10-14-22(20)23/h7-14,18,23-24,26H,15-17H2,1-6H3,(H,32,38)(H,36,37). The van der Waals surface area contributed by atoms with Gasteiger partial charge in [0.15, 0.2) is 6.04 Å². The van der Waals surface area contributed by atoms with Crippen molar-refractivity contribution >= 4 is 23.9 Å². The predicted molar refractivity (Wildman–Crippen MR) is 150 cm³/mol. The number of carboxylic acids is 1. The van der Waals surface area contributed by atoms with Gasteiger partial charge in [-0.15, -0.1) is 0 Å². The Morgan fingerprint density at radius 2 is 1.59 bits per heavy atom. The van der Waals surface area contributed by atoms with Crippen LogP contribution in [0, 0.1) is 0 Å². The number of nitrogens with one attached hydrogen (secondary N) is 1. The number of aliphatic carboxylic acids is 1. The summed E-state index contributed by atoms with van der Waals surface area (Å²) in [5.74, 6) is -2.66. The minimum absolute atomic E-state index is 0.0277. The third-order valence-electron chi connectivity index (χ3n) is 7.26. The highest BCUT2D eigenvalue weighted by Gasteiger charge is 2.53. The van der Waals surface area contributed by atoms with Gasteiger partial charge < -0.3 is 24.6 Å². The smallest absolute Gasteiger partial charge is 0.407 e. The number of carboxylic acid groups (broad SMARTS) is 1. The summed E-state index contributed by atoms with van der Waals surface area (Å²) in [5.41, 5.74) is 2.24. The van der Waals surface area contributed by atoms with E-state index < -0.39 is 53.5 Å². The number of ether oxygens (including phenoxy) is 3. The lowest BCUT2D eigenvalue weighted by Gasteiger charge is -2.35. The number of esters is 1. The van der Waals surface area contributed by atoms with E-state index >= 15 is 0 Å². The summed E-state index contributed by atoms with van der Waals surface area (Å²) < 4.78 is 16.8. The molecule has 0 radical (unpaired) electrons. The van der Waals surface area contributed by atoms with E-state index in [1.807, 2.05) is 48.5 Å². The summed E-state index contributed by atoms with van der Waals surface area (Å²) >= 11 is 0. The van der Waals surface area contributed by atoms with Crippen LogP contribution in [0.5, 0.6) is 0 Å². The van der Waals surface area contributed by atoms with E-state index in [4.69, 9.17) is 14.2 Å². The molecule has 2 aromatic rings. The quantitative estimate of drug-likeness (QED) is 0.448. The second kappa shape index (κ2) is 11.5. The summed E-state index contributed by atoms with van der Waals surface area (Å²) in [6.07, 6.45) is -1.94. The fourth-order valence-electron chi connectivity index (χ4n) is 5.70. The number of hydrogen-bond acceptors (Lipinski definition) is 7. The zero-order chi connectivity index (χ0) is 30.1. The Kier molecular flexibility index (Phi) is 8.44. The molecule has 2 aromatic carbocycles. The zero-order valence-electron chi connectivity index (χ0n) is 24.3. The zero-order valence-corrected chi connectivity index (χ0v) is 24.3. The van der Waals surface area contributed by atoms with Crippen LogP contribution in [0.4, 0.5) is 4.79 Å². The van der Waals surface area contributed by atoms with Crippen LogP contribution in [0.15, 0.2) is 48.5 Å². The molecule has 1 saturated heterocycles. The molecule has 10 heteroatoms. The van der Waals surface area contributed by atoms with E-state index in [-0.39, 0.29) is 25.4 Å². The molecule has 0 saturated carbocycles. The Labute approximate surface area is 240 Å². The molecule has 1 heterocycles. The maximum atomic E-state index is 13.8. The molecule has 1 fully saturated rings. The fourth-order valence-corrected chi connectivity index (χ4v) is 5.70. The monoisotopic (exact) mass is 566 g/mol. The molecule has 0 aromatic heterocycles. The summed E-state index contributed by atoms with van der Waals surface area (Å²) in [5, 5.41) is 12.4. The lowest BCUT2D eigenvalue weighted by atomic mass is 9.98. The van der Waals surface area contributed by atoms with Gasteiger partial charge in [0.25, 0.3) is 0 Å². The molecule has 2 N–H and O–H groups in total. The molecule has 2 aliphatic rings. The number of carbonyl (C=O) groups excluding carboxylic acids is 3. The minimum Gasteiger partial charge on any atom is -0.480 e. The number of alkyl carbamates (subject to hydrolysis) is 1. The second-order valence-corrected chi connectivity index (χ2v) is 11.9. The largest absolute Gasteiger partial charge is 0.480 e. The van der Waals surface area contributed by atoms with Crippen molar-refractivity contribution in [2.45, 2.75) is 89.8 Å². The van der Waals surface area contributed by atoms with Crippen LogP contribution >= 0.6 is 0 Å². The molecule has 3 unspecified atom stereocenters. The molecular weight excluding hydrogens is 528 g/mol. The van der Waals surface area contributed by atoms with Gasteiger partial charge in [0, 0.05) is 12.3 Å². The highest BCUT2D eigenvalue weighted by atomic mass is 16.6. The molecule has 2 amide bonds. The first-order valence-electron chi connectivity index (χ1n) is 13.8. The van der Waals surface area contributed by atoms with Crippen LogP contribution in [0.25, 0.3) is 11.1 Å². The number of rotatable bonds is 8. The van der Waals surface area contributed by atoms with E-state index in [0.29, 0.717) is 0 Å². The molecule has 0 spiro atoms. The van der Waals surface area contributed by atoms with Crippen LogP contribution in [0.1, 0.15) is 71.4 Å². The normalized spacial score (nSPS) is 20.1. The number of fused-ring (bicyclic) bond motifs is 3. The number of nitrogens with zero attached hydrogens (tertiary/aromatic N) is 1. The highest BCUT2D eigenvalue weighted by Crippen LogP contribution is 2.44. The van der Waals surface area contributed by atoms with Crippen LogP contribution in [0.2, 0.25) is 0 Å². The van der Waals surface area contributed by atoms with Gasteiger partial charge >= 0.3 is 18.0 Å². The number of benzene rings is 2. The van der Waals surface area contributed by atoms with Crippen molar-refractivity contribution in [1.82, 2.24) is 10.2 Å². The molecule has 41 heavy (non-hydrogen) atoms. The maximum Gasteiger partial charge on any atom is 0.407 e. The number of hydrogen-bond donors (Lipinski definition) is 2. The Balaban J connectivity index is 1.52. The van der Waals surface area contributed by atoms with Crippen molar-refractivity contribution in [2.75, 3.05) is 6.61 Å². The van der Waals surface area contributed by atoms with Crippen molar-refractivity contribution in [3.05, 3.63) is 59.7 Å². The first kappa shape index (κ1) is 30.0. The average molecular weight is 567 g/mol. The second-order valence-electron chi connectivity index (χ2n) is 11.9. The summed E-state index contributed by atoms with van der Waals surface area (Å²) in [6, 6.07) is 13.3. The molecule has 1 aliphatic heterocycles. The van der Waals surface area contributed by atoms with Crippen LogP contribution < -0.4 is 5.32 Å². The molecule has 1 aliphatic carbocycles. The summed E-state index contributed by atoms with van der Waals surface area (Å²) in [7, 11) is 0. The molecule has 220 valence electrons. The fraction of sp³-hybridized carbons (Fsp3) is 0.484. The molecular formula is C31H38N2O8. The topological polar surface area (TPSA) is 131 Å². The maximum absolute atomic E-state index is 13.8. The van der Waals surface area contributed by atoms with Gasteiger partial charge in [-0.3, -0.25) is 14.5 Å². The van der Waals surface area contributed by atoms with E-state index in [1.165, 1.54) is 0 Å². The van der Waals surface area contributed by atoms with Crippen LogP contribution in [-0.4, -0.2) is 70.1 Å². The first-order chi connectivity index (χ1) is 19.2. The SMILES string of the molecule is CC1OC(C)(C)N(C(=O)C(CCC(=O)OC(C)(C)C)NC(=O)OCC2c3ccccc3-c3ccccc32)C1C(=O)O. The first-order valence-corrected chi connectivity index (χ1v) is 13.8. The Morgan fingerprint density at radius 1 is 1.02 bits per heavy atom. The highest BCUT2D eigenvalue weighted by molar-refractivity contribution is 5.91. The van der Waals surface area contributed by atoms with Gasteiger partial charge in [-0.2, -0.15) is 0 Å². The van der Waals surface area contributed by atoms with Crippen molar-refractivity contribution in [3.8, 4) is 11.1 Å². The van der Waals surface area contributed by atoms with Gasteiger partial charge in [-0.25, -0.2) is 9.59 Å². The molecule has 0 bridgehead atoms. The van der Waals surface area contributed by atoms with Crippen molar-refractivity contribution in [3.63, 3.8) is 0 Å². The lowest BCUT2D eigenvalue weighted by molar-refractivity contribution is -0.158. The van der Waals surface area contributed by atoms with Gasteiger partial charge in [-0.05, 0) is 70.2 Å². The van der Waals surface area contributed by atoms with Gasteiger partial charge in [0.2, 0.25) is 5.91 Å². The van der Waals surface area contributed by atoms with Crippen molar-refractivity contribution in [2.24, 2.45) is 0 Å². The third-order valence-corrected chi connectivity index (χ3v) is 7.26. The Hall–Kier alpha value is -3.92. The molecule has 3 atom stereocenters. The average Bonchev–Trinajstić information content (AvgIpc) is 3.33. The Bertz CT molecular complexity index is 1290. The van der Waals surface area contributed by atoms with Crippen LogP contribution in [0.3, 0.4) is 0 Å². The van der Waals surface area contributed by atoms with E-state index in [2.05, 4.69) is 5.32 Å². The Morgan fingerprint density at radius 3 is 2.12 bits per heavy atom. The van der Waals surface area contributed by atoms with E-state index in [9.17, 15) is 24.3 Å². The van der Waals surface area contributed by atoms with Gasteiger partial charge in [0.05, 0.1) is 6.10 Å². The van der Waals surface area contributed by atoms with Gasteiger partial charge in [0.1, 0.15) is 24.0 Å². The van der Waals surface area contributed by atoms with E-state index in [0.717, 1.165) is 27.2 Å². The minimum atomic E-state index is -1.27. The molecule has 4 rings (SSSR count). The number of amides is 2. The van der Waals surface area contributed by atoms with Gasteiger partial charge in [-0.1, -0.05) is 48.5 Å². The van der Waals surface area contributed by atoms with Crippen molar-refractivity contribution in [1.29, 1.82) is 0 Å². The lowest BCUT2D eigenvalue weighted by Crippen LogP contribution is -2.58. The van der Waals surface area contributed by atoms with Crippen LogP contribution in [-0.2, 0) is 28.6 Å². The number of carbonyl (C=O) groups is 4. The van der Waals surface area contributed by atoms with Crippen molar-refractivity contribution < 1.29 is 38.5 Å². The summed E-state index contributed by atoms with van der Waals surface area (Å²) in [4.78, 5) is 52.6. The predicted octanol–water partition coefficient (Wildman–Crippen LogP) is 4.45. The third kappa shape index (κ3) is 6.53. The van der Waals surface area contributed by atoms with E-state index in [1.54, 1.807) is 41.5 Å².